The fourth-order valence-electron chi connectivity index (χ4n) is 1.92. The number of carbonyl (C=O) groups is 2. The number of rotatable bonds is 7. The Morgan fingerprint density at radius 1 is 1.19 bits per heavy atom. The van der Waals surface area contributed by atoms with E-state index < -0.39 is 0 Å². The van der Waals surface area contributed by atoms with E-state index in [4.69, 9.17) is 0 Å². The van der Waals surface area contributed by atoms with E-state index in [0.29, 0.717) is 19.5 Å². The van der Waals surface area contributed by atoms with E-state index >= 15 is 0 Å². The first kappa shape index (κ1) is 17.2. The van der Waals surface area contributed by atoms with Gasteiger partial charge in [0.25, 0.3) is 0 Å². The zero-order valence-corrected chi connectivity index (χ0v) is 13.5. The molecular formula is C17H26N2O2. The molecule has 0 heterocycles. The Balaban J connectivity index is 2.52. The fourth-order valence-corrected chi connectivity index (χ4v) is 1.92. The summed E-state index contributed by atoms with van der Waals surface area (Å²) >= 11 is 0. The van der Waals surface area contributed by atoms with Gasteiger partial charge in [0.15, 0.2) is 0 Å². The maximum absolute atomic E-state index is 11.9. The Morgan fingerprint density at radius 3 is 2.33 bits per heavy atom. The molecule has 1 rings (SSSR count). The summed E-state index contributed by atoms with van der Waals surface area (Å²) in [4.78, 5) is 25.3. The molecule has 0 fully saturated rings. The molecule has 0 aliphatic heterocycles. The smallest absolute Gasteiger partial charge is 0.222 e. The quantitative estimate of drug-likeness (QED) is 0.839. The maximum atomic E-state index is 11.9. The zero-order chi connectivity index (χ0) is 15.9. The van der Waals surface area contributed by atoms with Crippen LogP contribution >= 0.6 is 0 Å². The molecule has 1 N–H and O–H groups in total. The molecule has 0 aliphatic carbocycles. The monoisotopic (exact) mass is 290 g/mol. The number of benzene rings is 1. The standard InChI is InChI=1S/C17H26N2O2/c1-5-17(3,4)18-16(21)11-12-19(14(2)20)13-15-9-7-6-8-10-15/h6-10H,5,11-13H2,1-4H3,(H,18,21). The summed E-state index contributed by atoms with van der Waals surface area (Å²) in [5.41, 5.74) is 0.874. The van der Waals surface area contributed by atoms with Crippen LogP contribution in [-0.2, 0) is 16.1 Å². The molecule has 0 saturated heterocycles. The summed E-state index contributed by atoms with van der Waals surface area (Å²) in [6.07, 6.45) is 1.20. The van der Waals surface area contributed by atoms with Crippen LogP contribution in [0.5, 0.6) is 0 Å². The molecule has 2 amide bonds. The van der Waals surface area contributed by atoms with Gasteiger partial charge in [0.05, 0.1) is 0 Å². The number of nitrogens with one attached hydrogen (secondary N) is 1. The van der Waals surface area contributed by atoms with Crippen LogP contribution in [0.4, 0.5) is 0 Å². The van der Waals surface area contributed by atoms with Crippen LogP contribution < -0.4 is 5.32 Å². The van der Waals surface area contributed by atoms with Crippen molar-refractivity contribution in [3.05, 3.63) is 35.9 Å². The van der Waals surface area contributed by atoms with Crippen LogP contribution in [0.2, 0.25) is 0 Å². The lowest BCUT2D eigenvalue weighted by Crippen LogP contribution is -2.44. The molecule has 0 radical (unpaired) electrons. The van der Waals surface area contributed by atoms with Crippen LogP contribution in [0, 0.1) is 0 Å². The first-order valence-electron chi connectivity index (χ1n) is 7.44. The SMILES string of the molecule is CCC(C)(C)NC(=O)CCN(Cc1ccccc1)C(C)=O. The van der Waals surface area contributed by atoms with Gasteiger partial charge in [0.1, 0.15) is 0 Å². The lowest BCUT2D eigenvalue weighted by Gasteiger charge is -2.26. The molecule has 116 valence electrons. The highest BCUT2D eigenvalue weighted by Gasteiger charge is 2.18. The number of hydrogen-bond donors (Lipinski definition) is 1. The summed E-state index contributed by atoms with van der Waals surface area (Å²) in [5.74, 6) is -0.0254. The summed E-state index contributed by atoms with van der Waals surface area (Å²) in [6.45, 7) is 8.56. The highest BCUT2D eigenvalue weighted by atomic mass is 16.2. The highest BCUT2D eigenvalue weighted by molar-refractivity contribution is 5.78. The lowest BCUT2D eigenvalue weighted by atomic mass is 10.0. The number of nitrogens with zero attached hydrogens (tertiary/aromatic N) is 1. The van der Waals surface area contributed by atoms with E-state index in [1.807, 2.05) is 51.1 Å². The van der Waals surface area contributed by atoms with Crippen molar-refractivity contribution in [3.63, 3.8) is 0 Å². The van der Waals surface area contributed by atoms with Crippen LogP contribution in [-0.4, -0.2) is 28.8 Å². The number of hydrogen-bond acceptors (Lipinski definition) is 2. The van der Waals surface area contributed by atoms with Crippen molar-refractivity contribution in [2.45, 2.75) is 52.6 Å². The maximum Gasteiger partial charge on any atom is 0.222 e. The van der Waals surface area contributed by atoms with Gasteiger partial charge in [-0.2, -0.15) is 0 Å². The molecule has 0 spiro atoms. The van der Waals surface area contributed by atoms with Gasteiger partial charge >= 0.3 is 0 Å². The number of amides is 2. The van der Waals surface area contributed by atoms with Crippen molar-refractivity contribution in [1.29, 1.82) is 0 Å². The molecule has 4 nitrogen and oxygen atoms in total. The van der Waals surface area contributed by atoms with Gasteiger partial charge in [-0.3, -0.25) is 9.59 Å². The van der Waals surface area contributed by atoms with Crippen molar-refractivity contribution in [3.8, 4) is 0 Å². The third kappa shape index (κ3) is 6.43. The van der Waals surface area contributed by atoms with E-state index in [1.165, 1.54) is 6.92 Å². The first-order chi connectivity index (χ1) is 9.84. The first-order valence-corrected chi connectivity index (χ1v) is 7.44. The van der Waals surface area contributed by atoms with Gasteiger partial charge < -0.3 is 10.2 Å². The van der Waals surface area contributed by atoms with Crippen molar-refractivity contribution >= 4 is 11.8 Å². The minimum atomic E-state index is -0.197. The Hall–Kier alpha value is -1.84. The van der Waals surface area contributed by atoms with E-state index in [0.717, 1.165) is 12.0 Å². The van der Waals surface area contributed by atoms with Crippen LogP contribution in [0.3, 0.4) is 0 Å². The van der Waals surface area contributed by atoms with Gasteiger partial charge in [0, 0.05) is 32.0 Å². The zero-order valence-electron chi connectivity index (χ0n) is 13.5. The molecule has 0 aliphatic rings. The fraction of sp³-hybridized carbons (Fsp3) is 0.529. The van der Waals surface area contributed by atoms with E-state index in [-0.39, 0.29) is 17.4 Å². The van der Waals surface area contributed by atoms with Gasteiger partial charge in [-0.15, -0.1) is 0 Å². The molecule has 0 bridgehead atoms. The van der Waals surface area contributed by atoms with Crippen LogP contribution in [0.1, 0.15) is 46.1 Å². The predicted octanol–water partition coefficient (Wildman–Crippen LogP) is 2.73. The average Bonchev–Trinajstić information content (AvgIpc) is 2.43. The molecule has 21 heavy (non-hydrogen) atoms. The molecule has 1 aromatic rings. The van der Waals surface area contributed by atoms with Crippen molar-refractivity contribution < 1.29 is 9.59 Å². The van der Waals surface area contributed by atoms with Gasteiger partial charge in [0.2, 0.25) is 11.8 Å². The van der Waals surface area contributed by atoms with Crippen LogP contribution in [0.25, 0.3) is 0 Å². The normalized spacial score (nSPS) is 11.0. The molecule has 0 aromatic heterocycles. The largest absolute Gasteiger partial charge is 0.351 e. The average molecular weight is 290 g/mol. The summed E-state index contributed by atoms with van der Waals surface area (Å²) in [6, 6.07) is 9.81. The van der Waals surface area contributed by atoms with Crippen molar-refractivity contribution in [2.75, 3.05) is 6.54 Å². The predicted molar refractivity (Wildman–Crippen MR) is 84.7 cm³/mol. The molecule has 0 unspecified atom stereocenters. The minimum absolute atomic E-state index is 0.0126. The molecular weight excluding hydrogens is 264 g/mol. The third-order valence-corrected chi connectivity index (χ3v) is 3.63. The second kappa shape index (κ2) is 7.81. The Morgan fingerprint density at radius 2 is 1.81 bits per heavy atom. The second-order valence-corrected chi connectivity index (χ2v) is 5.96. The molecule has 4 heteroatoms. The molecule has 1 aromatic carbocycles. The van der Waals surface area contributed by atoms with Crippen molar-refractivity contribution in [2.24, 2.45) is 0 Å². The van der Waals surface area contributed by atoms with E-state index in [2.05, 4.69) is 5.32 Å². The van der Waals surface area contributed by atoms with Gasteiger partial charge in [-0.1, -0.05) is 37.3 Å². The lowest BCUT2D eigenvalue weighted by molar-refractivity contribution is -0.130. The topological polar surface area (TPSA) is 49.4 Å². The molecule has 0 saturated carbocycles. The molecule has 0 atom stereocenters. The summed E-state index contributed by atoms with van der Waals surface area (Å²) < 4.78 is 0. The summed E-state index contributed by atoms with van der Waals surface area (Å²) in [7, 11) is 0. The Labute approximate surface area is 127 Å². The second-order valence-electron chi connectivity index (χ2n) is 5.96. The number of carbonyl (C=O) groups excluding carboxylic acids is 2. The summed E-state index contributed by atoms with van der Waals surface area (Å²) in [5, 5.41) is 2.99. The van der Waals surface area contributed by atoms with E-state index in [1.54, 1.807) is 4.90 Å². The van der Waals surface area contributed by atoms with E-state index in [9.17, 15) is 9.59 Å². The third-order valence-electron chi connectivity index (χ3n) is 3.63. The van der Waals surface area contributed by atoms with Gasteiger partial charge in [-0.05, 0) is 25.8 Å². The Kier molecular flexibility index (Phi) is 6.40. The Bertz CT molecular complexity index is 469. The minimum Gasteiger partial charge on any atom is -0.351 e. The van der Waals surface area contributed by atoms with Crippen LogP contribution in [0.15, 0.2) is 30.3 Å². The van der Waals surface area contributed by atoms with Crippen molar-refractivity contribution in [1.82, 2.24) is 10.2 Å². The highest BCUT2D eigenvalue weighted by Crippen LogP contribution is 2.08. The van der Waals surface area contributed by atoms with Gasteiger partial charge in [-0.25, -0.2) is 0 Å².